The Hall–Kier alpha value is -3.86. The van der Waals surface area contributed by atoms with Crippen molar-refractivity contribution in [2.24, 2.45) is 0 Å². The van der Waals surface area contributed by atoms with Gasteiger partial charge in [-0.1, -0.05) is 48.5 Å². The van der Waals surface area contributed by atoms with Crippen LogP contribution in [0.1, 0.15) is 58.3 Å². The van der Waals surface area contributed by atoms with Gasteiger partial charge in [-0.25, -0.2) is 0 Å². The van der Waals surface area contributed by atoms with Crippen LogP contribution < -0.4 is 0 Å². The molecule has 0 spiro atoms. The molecule has 0 aliphatic heterocycles. The van der Waals surface area contributed by atoms with Gasteiger partial charge in [-0.05, 0) is 81.1 Å². The predicted molar refractivity (Wildman–Crippen MR) is 141 cm³/mol. The smallest absolute Gasteiger partial charge is 0.253 e. The van der Waals surface area contributed by atoms with Gasteiger partial charge in [0.2, 0.25) is 0 Å². The first-order valence-electron chi connectivity index (χ1n) is 12.2. The average Bonchev–Trinajstić information content (AvgIpc) is 3.14. The van der Waals surface area contributed by atoms with Crippen molar-refractivity contribution in [1.82, 2.24) is 14.7 Å². The molecule has 1 N–H and O–H groups in total. The van der Waals surface area contributed by atoms with Gasteiger partial charge in [0, 0.05) is 29.9 Å². The van der Waals surface area contributed by atoms with Crippen LogP contribution in [0, 0.1) is 20.8 Å². The topological polar surface area (TPSA) is 58.4 Å². The second-order valence-electron chi connectivity index (χ2n) is 8.90. The number of hydrogen-bond acceptors (Lipinski definition) is 3. The molecule has 0 saturated carbocycles. The second-order valence-corrected chi connectivity index (χ2v) is 8.90. The van der Waals surface area contributed by atoms with Crippen molar-refractivity contribution in [2.45, 2.75) is 40.7 Å². The van der Waals surface area contributed by atoms with Crippen LogP contribution in [0.4, 0.5) is 0 Å². The molecule has 4 aromatic rings. The predicted octanol–water partition coefficient (Wildman–Crippen LogP) is 6.30. The van der Waals surface area contributed by atoms with Crippen molar-refractivity contribution in [1.29, 1.82) is 0 Å². The van der Waals surface area contributed by atoms with Crippen molar-refractivity contribution in [3.05, 3.63) is 106 Å². The fraction of sp³-hybridized carbons (Fsp3) is 0.267. The molecular weight excluding hydrogens is 434 g/mol. The zero-order valence-electron chi connectivity index (χ0n) is 21.1. The van der Waals surface area contributed by atoms with E-state index in [0.717, 1.165) is 28.1 Å². The van der Waals surface area contributed by atoms with Gasteiger partial charge in [0.1, 0.15) is 11.8 Å². The zero-order chi connectivity index (χ0) is 25.1. The summed E-state index contributed by atoms with van der Waals surface area (Å²) < 4.78 is 2.03. The monoisotopic (exact) mass is 467 g/mol. The zero-order valence-corrected chi connectivity index (χ0v) is 21.1. The number of rotatable bonds is 7. The van der Waals surface area contributed by atoms with Gasteiger partial charge in [-0.15, -0.1) is 0 Å². The fourth-order valence-corrected chi connectivity index (χ4v) is 4.83. The molecule has 3 aromatic carbocycles. The molecule has 1 unspecified atom stereocenters. The van der Waals surface area contributed by atoms with E-state index in [4.69, 9.17) is 5.10 Å². The molecule has 0 aliphatic carbocycles. The maximum atomic E-state index is 12.8. The first-order chi connectivity index (χ1) is 16.8. The Morgan fingerprint density at radius 1 is 0.914 bits per heavy atom. The Morgan fingerprint density at radius 3 is 2.23 bits per heavy atom. The van der Waals surface area contributed by atoms with Gasteiger partial charge < -0.3 is 10.0 Å². The highest BCUT2D eigenvalue weighted by Crippen LogP contribution is 2.35. The van der Waals surface area contributed by atoms with Crippen LogP contribution >= 0.6 is 0 Å². The fourth-order valence-electron chi connectivity index (χ4n) is 4.83. The van der Waals surface area contributed by atoms with E-state index in [1.165, 1.54) is 11.1 Å². The molecule has 1 atom stereocenters. The van der Waals surface area contributed by atoms with Crippen LogP contribution in [-0.4, -0.2) is 38.8 Å². The molecule has 35 heavy (non-hydrogen) atoms. The minimum atomic E-state index is -0.254. The number of aryl methyl sites for hydroxylation is 2. The molecule has 5 heteroatoms. The van der Waals surface area contributed by atoms with E-state index in [1.54, 1.807) is 12.1 Å². The third kappa shape index (κ3) is 4.72. The molecule has 1 amide bonds. The van der Waals surface area contributed by atoms with E-state index in [0.29, 0.717) is 18.7 Å². The van der Waals surface area contributed by atoms with Crippen molar-refractivity contribution in [3.63, 3.8) is 0 Å². The maximum absolute atomic E-state index is 12.8. The largest absolute Gasteiger partial charge is 0.508 e. The lowest BCUT2D eigenvalue weighted by molar-refractivity contribution is 0.0773. The van der Waals surface area contributed by atoms with Crippen molar-refractivity contribution in [3.8, 4) is 16.9 Å². The van der Waals surface area contributed by atoms with Crippen LogP contribution in [0.2, 0.25) is 0 Å². The molecule has 0 saturated heterocycles. The summed E-state index contributed by atoms with van der Waals surface area (Å²) in [6.45, 7) is 11.6. The van der Waals surface area contributed by atoms with Crippen LogP contribution in [0.5, 0.6) is 5.75 Å². The first-order valence-corrected chi connectivity index (χ1v) is 12.2. The molecule has 4 rings (SSSR count). The number of benzene rings is 3. The summed E-state index contributed by atoms with van der Waals surface area (Å²) in [7, 11) is 0. The maximum Gasteiger partial charge on any atom is 0.253 e. The quantitative estimate of drug-likeness (QED) is 0.347. The molecule has 180 valence electrons. The van der Waals surface area contributed by atoms with Gasteiger partial charge >= 0.3 is 0 Å². The minimum absolute atomic E-state index is 0.0309. The van der Waals surface area contributed by atoms with Crippen LogP contribution in [0.3, 0.4) is 0 Å². The summed E-state index contributed by atoms with van der Waals surface area (Å²) in [4.78, 5) is 14.7. The Labute approximate surface area is 207 Å². The number of carbonyl (C=O) groups is 1. The second kappa shape index (κ2) is 10.2. The third-order valence-corrected chi connectivity index (χ3v) is 6.69. The number of aromatic nitrogens is 2. The number of nitrogens with zero attached hydrogens (tertiary/aromatic N) is 3. The molecule has 0 aliphatic rings. The van der Waals surface area contributed by atoms with E-state index in [1.807, 2.05) is 72.8 Å². The van der Waals surface area contributed by atoms with Crippen LogP contribution in [0.15, 0.2) is 72.8 Å². The van der Waals surface area contributed by atoms with E-state index in [2.05, 4.69) is 32.0 Å². The van der Waals surface area contributed by atoms with E-state index < -0.39 is 0 Å². The van der Waals surface area contributed by atoms with Gasteiger partial charge in [-0.3, -0.25) is 9.48 Å². The van der Waals surface area contributed by atoms with Gasteiger partial charge in [-0.2, -0.15) is 5.10 Å². The molecule has 0 fully saturated rings. The summed E-state index contributed by atoms with van der Waals surface area (Å²) in [5.41, 5.74) is 8.09. The summed E-state index contributed by atoms with van der Waals surface area (Å²) in [5.74, 6) is 0.241. The molecule has 1 aromatic heterocycles. The number of aromatic hydroxyl groups is 1. The Kier molecular flexibility index (Phi) is 7.06. The van der Waals surface area contributed by atoms with E-state index in [9.17, 15) is 9.90 Å². The number of carbonyl (C=O) groups excluding carboxylic acids is 1. The van der Waals surface area contributed by atoms with Gasteiger partial charge in [0.05, 0.1) is 5.69 Å². The molecule has 0 radical (unpaired) electrons. The molecule has 0 bridgehead atoms. The van der Waals surface area contributed by atoms with Crippen molar-refractivity contribution in [2.75, 3.05) is 13.1 Å². The lowest BCUT2D eigenvalue weighted by Crippen LogP contribution is -2.30. The van der Waals surface area contributed by atoms with Crippen molar-refractivity contribution < 1.29 is 9.90 Å². The lowest BCUT2D eigenvalue weighted by Gasteiger charge is -2.22. The Balaban J connectivity index is 1.84. The Bertz CT molecular complexity index is 1330. The standard InChI is InChI=1S/C30H33N3O2/c1-6-32(7-2)30(35)24-17-15-23(16-18-24)29(25-12-10-13-26(34)19-25)33-22(5)28(21(4)31-33)27-14-9-8-11-20(27)3/h8-19,29,34H,6-7H2,1-5H3. The van der Waals surface area contributed by atoms with E-state index >= 15 is 0 Å². The SMILES string of the molecule is CCN(CC)C(=O)c1ccc(C(c2cccc(O)c2)n2nc(C)c(-c3ccccc3C)c2C)cc1. The number of hydrogen-bond donors (Lipinski definition) is 1. The Morgan fingerprint density at radius 2 is 1.60 bits per heavy atom. The molecule has 1 heterocycles. The van der Waals surface area contributed by atoms with Crippen LogP contribution in [-0.2, 0) is 0 Å². The minimum Gasteiger partial charge on any atom is -0.508 e. The van der Waals surface area contributed by atoms with Crippen molar-refractivity contribution >= 4 is 5.91 Å². The van der Waals surface area contributed by atoms with Gasteiger partial charge in [0.25, 0.3) is 5.91 Å². The van der Waals surface area contributed by atoms with Crippen LogP contribution in [0.25, 0.3) is 11.1 Å². The number of phenolic OH excluding ortho intramolecular Hbond substituents is 1. The number of phenols is 1. The average molecular weight is 468 g/mol. The summed E-state index contributed by atoms with van der Waals surface area (Å²) in [5, 5.41) is 15.2. The molecule has 5 nitrogen and oxygen atoms in total. The highest BCUT2D eigenvalue weighted by atomic mass is 16.3. The number of amides is 1. The summed E-state index contributed by atoms with van der Waals surface area (Å²) in [6, 6.07) is 23.2. The van der Waals surface area contributed by atoms with Gasteiger partial charge in [0.15, 0.2) is 0 Å². The highest BCUT2D eigenvalue weighted by molar-refractivity contribution is 5.94. The first kappa shape index (κ1) is 24.3. The third-order valence-electron chi connectivity index (χ3n) is 6.69. The lowest BCUT2D eigenvalue weighted by atomic mass is 9.96. The normalized spacial score (nSPS) is 11.9. The highest BCUT2D eigenvalue weighted by Gasteiger charge is 2.24. The summed E-state index contributed by atoms with van der Waals surface area (Å²) in [6.07, 6.45) is 0. The summed E-state index contributed by atoms with van der Waals surface area (Å²) >= 11 is 0. The molecular formula is C30H33N3O2. The van der Waals surface area contributed by atoms with E-state index in [-0.39, 0.29) is 17.7 Å².